The number of hydrogen-bond donors (Lipinski definition) is 0. The zero-order chi connectivity index (χ0) is 14.9. The lowest BCUT2D eigenvalue weighted by atomic mass is 10.0. The topological polar surface area (TPSA) is 31.4 Å². The van der Waals surface area contributed by atoms with Crippen molar-refractivity contribution in [2.45, 2.75) is 32.1 Å². The molecule has 1 heterocycles. The Morgan fingerprint density at radius 1 is 0.905 bits per heavy atom. The molecule has 0 saturated carbocycles. The second kappa shape index (κ2) is 8.30. The SMILES string of the molecule is COc1cccc(CCCCCc2cccnc2)c1OC. The van der Waals surface area contributed by atoms with Crippen molar-refractivity contribution in [3.63, 3.8) is 0 Å². The van der Waals surface area contributed by atoms with Gasteiger partial charge < -0.3 is 9.47 Å². The highest BCUT2D eigenvalue weighted by molar-refractivity contribution is 5.46. The van der Waals surface area contributed by atoms with Crippen molar-refractivity contribution >= 4 is 0 Å². The Hall–Kier alpha value is -2.03. The molecule has 0 atom stereocenters. The first-order valence-corrected chi connectivity index (χ1v) is 7.44. The van der Waals surface area contributed by atoms with Crippen LogP contribution >= 0.6 is 0 Å². The van der Waals surface area contributed by atoms with Gasteiger partial charge in [0.05, 0.1) is 14.2 Å². The van der Waals surface area contributed by atoms with Gasteiger partial charge in [-0.1, -0.05) is 24.6 Å². The fraction of sp³-hybridized carbons (Fsp3) is 0.389. The zero-order valence-electron chi connectivity index (χ0n) is 12.8. The molecule has 2 aromatic rings. The van der Waals surface area contributed by atoms with Crippen molar-refractivity contribution in [3.8, 4) is 11.5 Å². The van der Waals surface area contributed by atoms with Crippen LogP contribution in [0.25, 0.3) is 0 Å². The van der Waals surface area contributed by atoms with Crippen molar-refractivity contribution in [2.24, 2.45) is 0 Å². The van der Waals surface area contributed by atoms with Gasteiger partial charge in [0.15, 0.2) is 11.5 Å². The maximum atomic E-state index is 5.46. The van der Waals surface area contributed by atoms with Crippen LogP contribution in [0.2, 0.25) is 0 Å². The number of methoxy groups -OCH3 is 2. The number of unbranched alkanes of at least 4 members (excludes halogenated alkanes) is 2. The molecule has 112 valence electrons. The standard InChI is InChI=1S/C18H23NO2/c1-20-17-12-6-11-16(18(17)21-2)10-5-3-4-8-15-9-7-13-19-14-15/h6-7,9,11-14H,3-5,8,10H2,1-2H3. The summed E-state index contributed by atoms with van der Waals surface area (Å²) in [6.07, 6.45) is 9.44. The molecule has 0 bridgehead atoms. The quantitative estimate of drug-likeness (QED) is 0.686. The molecule has 0 fully saturated rings. The maximum absolute atomic E-state index is 5.46. The smallest absolute Gasteiger partial charge is 0.163 e. The van der Waals surface area contributed by atoms with Crippen LogP contribution in [0.1, 0.15) is 30.4 Å². The van der Waals surface area contributed by atoms with E-state index < -0.39 is 0 Å². The number of benzene rings is 1. The Bertz CT molecular complexity index is 540. The molecule has 1 aromatic heterocycles. The number of para-hydroxylation sites is 1. The summed E-state index contributed by atoms with van der Waals surface area (Å²) in [4.78, 5) is 4.14. The Morgan fingerprint density at radius 2 is 1.76 bits per heavy atom. The van der Waals surface area contributed by atoms with E-state index in [2.05, 4.69) is 17.1 Å². The molecule has 1 aromatic carbocycles. The molecule has 0 aliphatic carbocycles. The molecule has 2 rings (SSSR count). The van der Waals surface area contributed by atoms with Gasteiger partial charge in [-0.3, -0.25) is 4.98 Å². The number of rotatable bonds is 8. The predicted octanol–water partition coefficient (Wildman–Crippen LogP) is 4.05. The maximum Gasteiger partial charge on any atom is 0.163 e. The minimum absolute atomic E-state index is 0.811. The zero-order valence-corrected chi connectivity index (χ0v) is 12.8. The van der Waals surface area contributed by atoms with Crippen LogP contribution in [0, 0.1) is 0 Å². The van der Waals surface area contributed by atoms with Crippen LogP contribution in [-0.2, 0) is 12.8 Å². The number of ether oxygens (including phenoxy) is 2. The molecule has 3 nitrogen and oxygen atoms in total. The molecular formula is C18H23NO2. The molecule has 0 aliphatic heterocycles. The Balaban J connectivity index is 1.78. The summed E-state index contributed by atoms with van der Waals surface area (Å²) < 4.78 is 10.8. The van der Waals surface area contributed by atoms with Crippen molar-refractivity contribution < 1.29 is 9.47 Å². The number of nitrogens with zero attached hydrogens (tertiary/aromatic N) is 1. The molecule has 0 radical (unpaired) electrons. The minimum Gasteiger partial charge on any atom is -0.493 e. The molecule has 0 aliphatic rings. The molecule has 21 heavy (non-hydrogen) atoms. The van der Waals surface area contributed by atoms with E-state index in [0.717, 1.165) is 30.8 Å². The van der Waals surface area contributed by atoms with E-state index in [1.807, 2.05) is 30.6 Å². The first-order chi connectivity index (χ1) is 10.3. The molecule has 0 spiro atoms. The van der Waals surface area contributed by atoms with E-state index in [1.165, 1.54) is 24.0 Å². The first kappa shape index (κ1) is 15.4. The third kappa shape index (κ3) is 4.48. The van der Waals surface area contributed by atoms with Gasteiger partial charge in [0.25, 0.3) is 0 Å². The second-order valence-corrected chi connectivity index (χ2v) is 5.07. The fourth-order valence-corrected chi connectivity index (χ4v) is 2.52. The van der Waals surface area contributed by atoms with Crippen LogP contribution in [0.4, 0.5) is 0 Å². The van der Waals surface area contributed by atoms with E-state index in [4.69, 9.17) is 9.47 Å². The van der Waals surface area contributed by atoms with Crippen molar-refractivity contribution in [1.29, 1.82) is 0 Å². The summed E-state index contributed by atoms with van der Waals surface area (Å²) in [7, 11) is 3.37. The van der Waals surface area contributed by atoms with Crippen LogP contribution in [0.3, 0.4) is 0 Å². The average molecular weight is 285 g/mol. The van der Waals surface area contributed by atoms with Gasteiger partial charge in [-0.2, -0.15) is 0 Å². The predicted molar refractivity (Wildman–Crippen MR) is 85.0 cm³/mol. The Labute approximate surface area is 126 Å². The average Bonchev–Trinajstić information content (AvgIpc) is 2.55. The number of pyridine rings is 1. The summed E-state index contributed by atoms with van der Waals surface area (Å²) in [6.45, 7) is 0. The molecule has 0 N–H and O–H groups in total. The third-order valence-corrected chi connectivity index (χ3v) is 3.62. The lowest BCUT2D eigenvalue weighted by Gasteiger charge is -2.12. The largest absolute Gasteiger partial charge is 0.493 e. The highest BCUT2D eigenvalue weighted by atomic mass is 16.5. The van der Waals surface area contributed by atoms with E-state index in [9.17, 15) is 0 Å². The highest BCUT2D eigenvalue weighted by Gasteiger charge is 2.08. The summed E-state index contributed by atoms with van der Waals surface area (Å²) in [6, 6.07) is 10.2. The first-order valence-electron chi connectivity index (χ1n) is 7.44. The van der Waals surface area contributed by atoms with E-state index in [-0.39, 0.29) is 0 Å². The number of hydrogen-bond acceptors (Lipinski definition) is 3. The lowest BCUT2D eigenvalue weighted by Crippen LogP contribution is -1.96. The Morgan fingerprint density at radius 3 is 2.48 bits per heavy atom. The van der Waals surface area contributed by atoms with Gasteiger partial charge in [-0.15, -0.1) is 0 Å². The van der Waals surface area contributed by atoms with Gasteiger partial charge >= 0.3 is 0 Å². The molecule has 0 unspecified atom stereocenters. The van der Waals surface area contributed by atoms with Gasteiger partial charge in [-0.05, 0) is 48.9 Å². The summed E-state index contributed by atoms with van der Waals surface area (Å²) >= 11 is 0. The number of aryl methyl sites for hydroxylation is 2. The fourth-order valence-electron chi connectivity index (χ4n) is 2.52. The van der Waals surface area contributed by atoms with Crippen LogP contribution in [0.15, 0.2) is 42.7 Å². The van der Waals surface area contributed by atoms with Crippen LogP contribution in [0.5, 0.6) is 11.5 Å². The highest BCUT2D eigenvalue weighted by Crippen LogP contribution is 2.31. The number of aromatic nitrogens is 1. The Kier molecular flexibility index (Phi) is 6.07. The van der Waals surface area contributed by atoms with Crippen molar-refractivity contribution in [1.82, 2.24) is 4.98 Å². The minimum atomic E-state index is 0.811. The van der Waals surface area contributed by atoms with Crippen LogP contribution in [-0.4, -0.2) is 19.2 Å². The molecule has 0 saturated heterocycles. The monoisotopic (exact) mass is 285 g/mol. The summed E-state index contributed by atoms with van der Waals surface area (Å²) in [5, 5.41) is 0. The van der Waals surface area contributed by atoms with E-state index >= 15 is 0 Å². The van der Waals surface area contributed by atoms with Crippen molar-refractivity contribution in [2.75, 3.05) is 14.2 Å². The van der Waals surface area contributed by atoms with Gasteiger partial charge in [0.1, 0.15) is 0 Å². The van der Waals surface area contributed by atoms with Gasteiger partial charge in [0.2, 0.25) is 0 Å². The third-order valence-electron chi connectivity index (χ3n) is 3.62. The molecule has 3 heteroatoms. The summed E-state index contributed by atoms with van der Waals surface area (Å²) in [5.74, 6) is 1.68. The van der Waals surface area contributed by atoms with Gasteiger partial charge in [0, 0.05) is 12.4 Å². The van der Waals surface area contributed by atoms with E-state index in [1.54, 1.807) is 14.2 Å². The summed E-state index contributed by atoms with van der Waals surface area (Å²) in [5.41, 5.74) is 2.54. The van der Waals surface area contributed by atoms with E-state index in [0.29, 0.717) is 0 Å². The lowest BCUT2D eigenvalue weighted by molar-refractivity contribution is 0.351. The molecule has 0 amide bonds. The van der Waals surface area contributed by atoms with Gasteiger partial charge in [-0.25, -0.2) is 0 Å². The normalized spacial score (nSPS) is 10.4. The second-order valence-electron chi connectivity index (χ2n) is 5.07. The van der Waals surface area contributed by atoms with Crippen molar-refractivity contribution in [3.05, 3.63) is 53.9 Å². The molecular weight excluding hydrogens is 262 g/mol. The van der Waals surface area contributed by atoms with Crippen LogP contribution < -0.4 is 9.47 Å².